The van der Waals surface area contributed by atoms with Crippen molar-refractivity contribution in [3.05, 3.63) is 47.3 Å². The standard InChI is InChI=1S/C17H22N4O/c1-12-9-13(2)21(19-12)16-5-3-15(4-6-16)17(22)20-8-7-14(10-18)11-20/h3-6,9,14H,7-8,10-11,18H2,1-2H3. The van der Waals surface area contributed by atoms with Gasteiger partial charge in [-0.25, -0.2) is 4.68 Å². The van der Waals surface area contributed by atoms with Gasteiger partial charge in [-0.05, 0) is 63.1 Å². The van der Waals surface area contributed by atoms with E-state index < -0.39 is 0 Å². The van der Waals surface area contributed by atoms with Crippen molar-refractivity contribution in [3.63, 3.8) is 0 Å². The van der Waals surface area contributed by atoms with Crippen molar-refractivity contribution >= 4 is 5.91 Å². The molecule has 0 saturated carbocycles. The minimum absolute atomic E-state index is 0.0934. The van der Waals surface area contributed by atoms with Gasteiger partial charge in [0.25, 0.3) is 5.91 Å². The monoisotopic (exact) mass is 298 g/mol. The first-order chi connectivity index (χ1) is 10.6. The van der Waals surface area contributed by atoms with E-state index in [0.717, 1.165) is 42.1 Å². The van der Waals surface area contributed by atoms with Crippen LogP contribution in [0.3, 0.4) is 0 Å². The molecule has 1 atom stereocenters. The number of hydrogen-bond acceptors (Lipinski definition) is 3. The van der Waals surface area contributed by atoms with E-state index in [0.29, 0.717) is 12.5 Å². The molecule has 1 saturated heterocycles. The molecule has 5 heteroatoms. The van der Waals surface area contributed by atoms with E-state index in [2.05, 4.69) is 5.10 Å². The van der Waals surface area contributed by atoms with E-state index >= 15 is 0 Å². The summed E-state index contributed by atoms with van der Waals surface area (Å²) in [5.41, 5.74) is 9.46. The van der Waals surface area contributed by atoms with Gasteiger partial charge in [0.05, 0.1) is 11.4 Å². The third-order valence-electron chi connectivity index (χ3n) is 4.27. The summed E-state index contributed by atoms with van der Waals surface area (Å²) in [6.45, 7) is 6.23. The Morgan fingerprint density at radius 1 is 1.32 bits per heavy atom. The molecule has 1 aliphatic rings. The van der Waals surface area contributed by atoms with E-state index in [4.69, 9.17) is 5.73 Å². The quantitative estimate of drug-likeness (QED) is 0.941. The molecule has 1 amide bonds. The number of likely N-dealkylation sites (tertiary alicyclic amines) is 1. The van der Waals surface area contributed by atoms with Crippen LogP contribution in [0, 0.1) is 19.8 Å². The highest BCUT2D eigenvalue weighted by Gasteiger charge is 2.25. The summed E-state index contributed by atoms with van der Waals surface area (Å²) in [5, 5.41) is 4.46. The smallest absolute Gasteiger partial charge is 0.253 e. The maximum atomic E-state index is 12.5. The first kappa shape index (κ1) is 14.8. The van der Waals surface area contributed by atoms with Crippen molar-refractivity contribution in [1.29, 1.82) is 0 Å². The third-order valence-corrected chi connectivity index (χ3v) is 4.27. The number of amides is 1. The number of carbonyl (C=O) groups excluding carboxylic acids is 1. The highest BCUT2D eigenvalue weighted by atomic mass is 16.2. The summed E-state index contributed by atoms with van der Waals surface area (Å²) in [5.74, 6) is 0.536. The van der Waals surface area contributed by atoms with Gasteiger partial charge in [-0.2, -0.15) is 5.10 Å². The Kier molecular flexibility index (Phi) is 3.98. The highest BCUT2D eigenvalue weighted by molar-refractivity contribution is 5.94. The summed E-state index contributed by atoms with van der Waals surface area (Å²) in [6, 6.07) is 9.69. The van der Waals surface area contributed by atoms with E-state index in [1.54, 1.807) is 0 Å². The number of benzene rings is 1. The summed E-state index contributed by atoms with van der Waals surface area (Å²) in [7, 11) is 0. The lowest BCUT2D eigenvalue weighted by Crippen LogP contribution is -2.29. The summed E-state index contributed by atoms with van der Waals surface area (Å²) < 4.78 is 1.89. The maximum Gasteiger partial charge on any atom is 0.253 e. The molecule has 1 fully saturated rings. The zero-order valence-corrected chi connectivity index (χ0v) is 13.1. The number of carbonyl (C=O) groups is 1. The van der Waals surface area contributed by atoms with Crippen LogP contribution in [-0.2, 0) is 0 Å². The van der Waals surface area contributed by atoms with Crippen molar-refractivity contribution in [2.45, 2.75) is 20.3 Å². The Hall–Kier alpha value is -2.14. The summed E-state index contributed by atoms with van der Waals surface area (Å²) >= 11 is 0. The average molecular weight is 298 g/mol. The SMILES string of the molecule is Cc1cc(C)n(-c2ccc(C(=O)N3CCC(CN)C3)cc2)n1. The molecule has 0 spiro atoms. The predicted octanol–water partition coefficient (Wildman–Crippen LogP) is 1.91. The first-order valence-corrected chi connectivity index (χ1v) is 7.71. The van der Waals surface area contributed by atoms with Gasteiger partial charge in [0.15, 0.2) is 0 Å². The second kappa shape index (κ2) is 5.93. The van der Waals surface area contributed by atoms with Gasteiger partial charge in [-0.3, -0.25) is 4.79 Å². The Morgan fingerprint density at radius 3 is 2.59 bits per heavy atom. The molecule has 2 aromatic rings. The minimum Gasteiger partial charge on any atom is -0.338 e. The topological polar surface area (TPSA) is 64.2 Å². The maximum absolute atomic E-state index is 12.5. The molecular formula is C17H22N4O. The van der Waals surface area contributed by atoms with E-state index in [1.807, 2.05) is 53.8 Å². The average Bonchev–Trinajstić information content (AvgIpc) is 3.13. The predicted molar refractivity (Wildman–Crippen MR) is 86.1 cm³/mol. The molecule has 1 unspecified atom stereocenters. The highest BCUT2D eigenvalue weighted by Crippen LogP contribution is 2.19. The van der Waals surface area contributed by atoms with Crippen molar-refractivity contribution in [2.75, 3.05) is 19.6 Å². The number of nitrogens with two attached hydrogens (primary N) is 1. The largest absolute Gasteiger partial charge is 0.338 e. The second-order valence-corrected chi connectivity index (χ2v) is 6.03. The Labute approximate surface area is 130 Å². The number of nitrogens with zero attached hydrogens (tertiary/aromatic N) is 3. The fourth-order valence-electron chi connectivity index (χ4n) is 3.03. The lowest BCUT2D eigenvalue weighted by Gasteiger charge is -2.16. The van der Waals surface area contributed by atoms with Crippen LogP contribution in [0.4, 0.5) is 0 Å². The fraction of sp³-hybridized carbons (Fsp3) is 0.412. The van der Waals surface area contributed by atoms with Crippen LogP contribution in [0.15, 0.2) is 30.3 Å². The second-order valence-electron chi connectivity index (χ2n) is 6.03. The van der Waals surface area contributed by atoms with Gasteiger partial charge < -0.3 is 10.6 Å². The summed E-state index contributed by atoms with van der Waals surface area (Å²) in [4.78, 5) is 14.4. The zero-order chi connectivity index (χ0) is 15.7. The van der Waals surface area contributed by atoms with Crippen LogP contribution < -0.4 is 5.73 Å². The van der Waals surface area contributed by atoms with Crippen LogP contribution in [0.2, 0.25) is 0 Å². The number of rotatable bonds is 3. The lowest BCUT2D eigenvalue weighted by atomic mass is 10.1. The molecule has 1 aliphatic heterocycles. The van der Waals surface area contributed by atoms with Gasteiger partial charge in [0, 0.05) is 24.3 Å². The van der Waals surface area contributed by atoms with Gasteiger partial charge in [-0.1, -0.05) is 0 Å². The molecule has 5 nitrogen and oxygen atoms in total. The molecule has 1 aromatic carbocycles. The fourth-order valence-corrected chi connectivity index (χ4v) is 3.03. The molecule has 0 aliphatic carbocycles. The van der Waals surface area contributed by atoms with Crippen molar-refractivity contribution < 1.29 is 4.79 Å². The Balaban J connectivity index is 1.77. The number of hydrogen-bond donors (Lipinski definition) is 1. The van der Waals surface area contributed by atoms with Gasteiger partial charge >= 0.3 is 0 Å². The number of aromatic nitrogens is 2. The molecule has 2 heterocycles. The van der Waals surface area contributed by atoms with Gasteiger partial charge in [0.1, 0.15) is 0 Å². The molecule has 0 bridgehead atoms. The Morgan fingerprint density at radius 2 is 2.05 bits per heavy atom. The molecule has 22 heavy (non-hydrogen) atoms. The van der Waals surface area contributed by atoms with Crippen molar-refractivity contribution in [1.82, 2.24) is 14.7 Å². The van der Waals surface area contributed by atoms with Crippen molar-refractivity contribution in [2.24, 2.45) is 11.7 Å². The third kappa shape index (κ3) is 2.76. The molecule has 1 aromatic heterocycles. The summed E-state index contributed by atoms with van der Waals surface area (Å²) in [6.07, 6.45) is 1.01. The molecule has 2 N–H and O–H groups in total. The van der Waals surface area contributed by atoms with Crippen LogP contribution in [0.5, 0.6) is 0 Å². The first-order valence-electron chi connectivity index (χ1n) is 7.71. The zero-order valence-electron chi connectivity index (χ0n) is 13.1. The van der Waals surface area contributed by atoms with E-state index in [9.17, 15) is 4.79 Å². The van der Waals surface area contributed by atoms with Crippen LogP contribution >= 0.6 is 0 Å². The lowest BCUT2D eigenvalue weighted by molar-refractivity contribution is 0.0787. The molecule has 3 rings (SSSR count). The molecule has 0 radical (unpaired) electrons. The molecular weight excluding hydrogens is 276 g/mol. The van der Waals surface area contributed by atoms with E-state index in [-0.39, 0.29) is 5.91 Å². The van der Waals surface area contributed by atoms with Crippen LogP contribution in [-0.4, -0.2) is 40.2 Å². The van der Waals surface area contributed by atoms with Crippen molar-refractivity contribution in [3.8, 4) is 5.69 Å². The van der Waals surface area contributed by atoms with E-state index in [1.165, 1.54) is 0 Å². The number of aryl methyl sites for hydroxylation is 2. The minimum atomic E-state index is 0.0934. The normalized spacial score (nSPS) is 18.0. The van der Waals surface area contributed by atoms with Gasteiger partial charge in [-0.15, -0.1) is 0 Å². The van der Waals surface area contributed by atoms with Crippen LogP contribution in [0.25, 0.3) is 5.69 Å². The Bertz CT molecular complexity index is 674. The van der Waals surface area contributed by atoms with Gasteiger partial charge in [0.2, 0.25) is 0 Å². The van der Waals surface area contributed by atoms with Crippen LogP contribution in [0.1, 0.15) is 28.2 Å². The molecule has 116 valence electrons.